The van der Waals surface area contributed by atoms with Gasteiger partial charge in [-0.2, -0.15) is 21.6 Å². The second-order valence-electron chi connectivity index (χ2n) is 2.86. The summed E-state index contributed by atoms with van der Waals surface area (Å²) in [6.07, 6.45) is 5.05. The molecule has 0 aromatic rings. The predicted octanol–water partition coefficient (Wildman–Crippen LogP) is 2.95. The molecular formula is C8H13F3O3S. The summed E-state index contributed by atoms with van der Waals surface area (Å²) in [7, 11) is -5.48. The third-order valence-corrected chi connectivity index (χ3v) is 2.47. The summed E-state index contributed by atoms with van der Waals surface area (Å²) in [6, 6.07) is 0. The summed E-state index contributed by atoms with van der Waals surface area (Å²) in [5.74, 6) is 0. The van der Waals surface area contributed by atoms with Crippen LogP contribution in [-0.4, -0.2) is 13.9 Å². The number of rotatable bonds is 6. The van der Waals surface area contributed by atoms with Crippen molar-refractivity contribution in [2.45, 2.75) is 38.1 Å². The van der Waals surface area contributed by atoms with Gasteiger partial charge in [0.1, 0.15) is 6.26 Å². The molecule has 0 aromatic heterocycles. The first-order valence-corrected chi connectivity index (χ1v) is 5.86. The summed E-state index contributed by atoms with van der Waals surface area (Å²) in [6.45, 7) is 1.98. The van der Waals surface area contributed by atoms with E-state index in [0.29, 0.717) is 12.7 Å². The molecule has 0 N–H and O–H groups in total. The summed E-state index contributed by atoms with van der Waals surface area (Å²) in [5.41, 5.74) is -5.36. The molecule has 0 aliphatic rings. The fraction of sp³-hybridized carbons (Fsp3) is 0.750. The van der Waals surface area contributed by atoms with Gasteiger partial charge in [-0.15, -0.1) is 0 Å². The fourth-order valence-corrected chi connectivity index (χ4v) is 1.08. The lowest BCUT2D eigenvalue weighted by Crippen LogP contribution is -2.23. The van der Waals surface area contributed by atoms with Crippen molar-refractivity contribution in [3.05, 3.63) is 12.3 Å². The molecule has 0 fully saturated rings. The molecule has 0 atom stereocenters. The average molecular weight is 246 g/mol. The van der Waals surface area contributed by atoms with Crippen molar-refractivity contribution >= 4 is 10.1 Å². The van der Waals surface area contributed by atoms with Crippen molar-refractivity contribution in [2.75, 3.05) is 0 Å². The zero-order valence-electron chi connectivity index (χ0n) is 8.25. The van der Waals surface area contributed by atoms with E-state index in [2.05, 4.69) is 4.18 Å². The van der Waals surface area contributed by atoms with Gasteiger partial charge in [0.25, 0.3) is 0 Å². The zero-order valence-corrected chi connectivity index (χ0v) is 9.07. The quantitative estimate of drug-likeness (QED) is 0.313. The highest BCUT2D eigenvalue weighted by molar-refractivity contribution is 7.87. The minimum Gasteiger partial charge on any atom is -0.384 e. The molecule has 0 aromatic carbocycles. The van der Waals surface area contributed by atoms with E-state index in [1.807, 2.05) is 6.92 Å². The van der Waals surface area contributed by atoms with Crippen LogP contribution in [0.3, 0.4) is 0 Å². The molecule has 90 valence electrons. The Bertz CT molecular complexity index is 293. The smallest absolute Gasteiger partial charge is 0.384 e. The Labute approximate surface area is 87.0 Å². The normalized spacial score (nSPS) is 13.3. The highest BCUT2D eigenvalue weighted by atomic mass is 32.2. The van der Waals surface area contributed by atoms with Gasteiger partial charge in [-0.3, -0.25) is 0 Å². The molecule has 3 nitrogen and oxygen atoms in total. The number of unbranched alkanes of at least 4 members (excludes halogenated alkanes) is 3. The molecule has 0 bridgehead atoms. The Morgan fingerprint density at radius 3 is 2.33 bits per heavy atom. The molecule has 0 amide bonds. The number of halogens is 3. The number of allylic oxidation sites excluding steroid dienone is 1. The molecule has 0 aliphatic heterocycles. The van der Waals surface area contributed by atoms with Crippen molar-refractivity contribution in [3.63, 3.8) is 0 Å². The second-order valence-corrected chi connectivity index (χ2v) is 4.43. The van der Waals surface area contributed by atoms with E-state index in [0.717, 1.165) is 19.3 Å². The first-order valence-electron chi connectivity index (χ1n) is 4.46. The highest BCUT2D eigenvalue weighted by Gasteiger charge is 2.47. The monoisotopic (exact) mass is 246 g/mol. The molecule has 0 unspecified atom stereocenters. The molecule has 0 aliphatic carbocycles. The minimum atomic E-state index is -5.48. The van der Waals surface area contributed by atoms with Crippen molar-refractivity contribution in [1.82, 2.24) is 0 Å². The molecule has 0 radical (unpaired) electrons. The van der Waals surface area contributed by atoms with Crippen LogP contribution >= 0.6 is 0 Å². The first kappa shape index (κ1) is 14.3. The van der Waals surface area contributed by atoms with Crippen molar-refractivity contribution in [2.24, 2.45) is 0 Å². The van der Waals surface area contributed by atoms with E-state index in [1.54, 1.807) is 0 Å². The van der Waals surface area contributed by atoms with E-state index >= 15 is 0 Å². The van der Waals surface area contributed by atoms with Gasteiger partial charge in [-0.1, -0.05) is 19.8 Å². The highest BCUT2D eigenvalue weighted by Crippen LogP contribution is 2.24. The van der Waals surface area contributed by atoms with Crippen molar-refractivity contribution in [3.8, 4) is 0 Å². The molecule has 15 heavy (non-hydrogen) atoms. The topological polar surface area (TPSA) is 43.4 Å². The van der Waals surface area contributed by atoms with E-state index in [1.165, 1.54) is 6.08 Å². The first-order chi connectivity index (χ1) is 6.81. The third kappa shape index (κ3) is 5.66. The van der Waals surface area contributed by atoms with Gasteiger partial charge in [0.15, 0.2) is 0 Å². The largest absolute Gasteiger partial charge is 0.534 e. The number of hydrogen-bond acceptors (Lipinski definition) is 3. The van der Waals surface area contributed by atoms with Crippen LogP contribution in [0.5, 0.6) is 0 Å². The van der Waals surface area contributed by atoms with E-state index in [9.17, 15) is 21.6 Å². The van der Waals surface area contributed by atoms with Gasteiger partial charge in [-0.25, -0.2) is 0 Å². The lowest BCUT2D eigenvalue weighted by Gasteiger charge is -2.05. The molecule has 0 spiro atoms. The van der Waals surface area contributed by atoms with Gasteiger partial charge >= 0.3 is 15.6 Å². The van der Waals surface area contributed by atoms with Crippen LogP contribution in [-0.2, 0) is 14.3 Å². The van der Waals surface area contributed by atoms with Crippen LogP contribution in [0.25, 0.3) is 0 Å². The molecule has 7 heteroatoms. The molecular weight excluding hydrogens is 233 g/mol. The van der Waals surface area contributed by atoms with Crippen LogP contribution in [0.2, 0.25) is 0 Å². The standard InChI is InChI=1S/C8H13F3O3S/c1-2-3-4-5-6-7-14-15(12,13)8(9,10)11/h6-7H,2-5H2,1H3. The van der Waals surface area contributed by atoms with E-state index in [4.69, 9.17) is 0 Å². The van der Waals surface area contributed by atoms with Crippen molar-refractivity contribution in [1.29, 1.82) is 0 Å². The third-order valence-electron chi connectivity index (χ3n) is 1.54. The maximum absolute atomic E-state index is 11.7. The SMILES string of the molecule is CCCCCC=COS(=O)(=O)C(F)(F)F. The van der Waals surface area contributed by atoms with Gasteiger partial charge in [0, 0.05) is 0 Å². The van der Waals surface area contributed by atoms with Crippen LogP contribution < -0.4 is 0 Å². The summed E-state index contributed by atoms with van der Waals surface area (Å²) in [4.78, 5) is 0. The molecule has 0 saturated heterocycles. The van der Waals surface area contributed by atoms with Crippen LogP contribution in [0.15, 0.2) is 12.3 Å². The Kier molecular flexibility index (Phi) is 5.71. The van der Waals surface area contributed by atoms with Gasteiger partial charge in [0.2, 0.25) is 0 Å². The average Bonchev–Trinajstić information content (AvgIpc) is 2.09. The number of alkyl halides is 3. The summed E-state index contributed by atoms with van der Waals surface area (Å²) in [5, 5.41) is 0. The Morgan fingerprint density at radius 1 is 1.27 bits per heavy atom. The summed E-state index contributed by atoms with van der Waals surface area (Å²) >= 11 is 0. The Balaban J connectivity index is 3.95. The van der Waals surface area contributed by atoms with E-state index in [-0.39, 0.29) is 0 Å². The van der Waals surface area contributed by atoms with Gasteiger partial charge in [-0.05, 0) is 18.9 Å². The molecule has 0 saturated carbocycles. The van der Waals surface area contributed by atoms with Gasteiger partial charge < -0.3 is 4.18 Å². The Morgan fingerprint density at radius 2 is 1.87 bits per heavy atom. The predicted molar refractivity (Wildman–Crippen MR) is 49.3 cm³/mol. The Hall–Kier alpha value is -0.720. The fourth-order valence-electron chi connectivity index (χ4n) is 0.747. The van der Waals surface area contributed by atoms with Crippen molar-refractivity contribution < 1.29 is 25.8 Å². The van der Waals surface area contributed by atoms with Crippen LogP contribution in [0.1, 0.15) is 32.6 Å². The molecule has 0 heterocycles. The summed E-state index contributed by atoms with van der Waals surface area (Å²) < 4.78 is 59.5. The maximum atomic E-state index is 11.7. The van der Waals surface area contributed by atoms with Crippen LogP contribution in [0.4, 0.5) is 13.2 Å². The second kappa shape index (κ2) is 5.99. The molecule has 0 rings (SSSR count). The lowest BCUT2D eigenvalue weighted by atomic mass is 10.2. The maximum Gasteiger partial charge on any atom is 0.534 e. The zero-order chi connectivity index (χ0) is 11.9. The van der Waals surface area contributed by atoms with Crippen LogP contribution in [0, 0.1) is 0 Å². The van der Waals surface area contributed by atoms with Gasteiger partial charge in [0.05, 0.1) is 0 Å². The van der Waals surface area contributed by atoms with E-state index < -0.39 is 15.6 Å². The lowest BCUT2D eigenvalue weighted by molar-refractivity contribution is -0.0515. The minimum absolute atomic E-state index is 0.501. The number of hydrogen-bond donors (Lipinski definition) is 0.